The molecule has 4 bridgehead atoms. The lowest BCUT2D eigenvalue weighted by Crippen LogP contribution is -2.47. The number of ketones is 1. The summed E-state index contributed by atoms with van der Waals surface area (Å²) in [5.41, 5.74) is 7.54. The molecule has 8 aromatic rings. The molecule has 1 aliphatic heterocycles. The minimum Gasteiger partial charge on any atom is -0.490 e. The van der Waals surface area contributed by atoms with Gasteiger partial charge in [0.15, 0.2) is 11.5 Å². The third kappa shape index (κ3) is 13.6. The summed E-state index contributed by atoms with van der Waals surface area (Å²) >= 11 is 26.1. The number of aromatic nitrogens is 6. The fraction of sp³-hybridized carbons (Fsp3) is 0.474. The Morgan fingerprint density at radius 1 is 0.656 bits per heavy atom. The van der Waals surface area contributed by atoms with Gasteiger partial charge >= 0.3 is 5.97 Å². The highest BCUT2D eigenvalue weighted by atomic mass is 35.5. The van der Waals surface area contributed by atoms with E-state index in [2.05, 4.69) is 90.4 Å². The molecule has 0 spiro atoms. The Morgan fingerprint density at radius 2 is 1.21 bits per heavy atom. The topological polar surface area (TPSA) is 192 Å². The summed E-state index contributed by atoms with van der Waals surface area (Å²) in [6.45, 7) is 6.13. The summed E-state index contributed by atoms with van der Waals surface area (Å²) in [6.07, 6.45) is 31.8. The van der Waals surface area contributed by atoms with E-state index >= 15 is 0 Å². The second-order valence-electron chi connectivity index (χ2n) is 28.1. The number of carboxylic acid groups (broad SMARTS) is 1. The Bertz CT molecular complexity index is 4310. The summed E-state index contributed by atoms with van der Waals surface area (Å²) in [6, 6.07) is 15.8. The first-order valence-electron chi connectivity index (χ1n) is 33.8. The van der Waals surface area contributed by atoms with Crippen LogP contribution < -0.4 is 9.64 Å². The highest BCUT2D eigenvalue weighted by molar-refractivity contribution is 6.39. The molecule has 0 atom stereocenters. The van der Waals surface area contributed by atoms with Crippen LogP contribution in [0.5, 0.6) is 5.75 Å². The number of fused-ring (bicyclic) bond motifs is 8. The number of nitrogens with zero attached hydrogens (tertiary/aromatic N) is 8. The Kier molecular flexibility index (Phi) is 18.7. The fourth-order valence-corrected chi connectivity index (χ4v) is 16.6. The zero-order valence-corrected chi connectivity index (χ0v) is 56.6. The van der Waals surface area contributed by atoms with Crippen LogP contribution in [0, 0.1) is 22.7 Å². The Labute approximate surface area is 580 Å². The molecule has 500 valence electrons. The molecule has 9 saturated carbocycles. The normalized spacial score (nSPS) is 24.0. The molecule has 7 heterocycles. The Hall–Kier alpha value is -6.94. The third-order valence-electron chi connectivity index (χ3n) is 21.9. The highest BCUT2D eigenvalue weighted by Gasteiger charge is 2.51. The van der Waals surface area contributed by atoms with Crippen LogP contribution in [-0.2, 0) is 22.7 Å². The lowest BCUT2D eigenvalue weighted by molar-refractivity contribution is -0.133. The first-order chi connectivity index (χ1) is 46.0. The number of anilines is 1. The molecule has 6 aromatic heterocycles. The van der Waals surface area contributed by atoms with Crippen molar-refractivity contribution in [2.24, 2.45) is 10.8 Å². The van der Waals surface area contributed by atoms with Crippen LogP contribution in [-0.4, -0.2) is 103 Å². The predicted molar refractivity (Wildman–Crippen MR) is 374 cm³/mol. The molecule has 9 aliphatic carbocycles. The average Bonchev–Trinajstić information content (AvgIpc) is 1.12. The second kappa shape index (κ2) is 27.1. The van der Waals surface area contributed by atoms with Gasteiger partial charge in [-0.25, -0.2) is 14.8 Å². The molecule has 20 heteroatoms. The van der Waals surface area contributed by atoms with Crippen molar-refractivity contribution in [1.82, 2.24) is 35.1 Å². The van der Waals surface area contributed by atoms with E-state index in [1.165, 1.54) is 0 Å². The van der Waals surface area contributed by atoms with Gasteiger partial charge in [-0.05, 0) is 182 Å². The number of likely N-dealkylation sites (N-methyl/N-ethyl adjacent to an activating group) is 1. The predicted octanol–water partition coefficient (Wildman–Crippen LogP) is 18.5. The van der Waals surface area contributed by atoms with Gasteiger partial charge in [0.05, 0.1) is 56.1 Å². The highest BCUT2D eigenvalue weighted by Crippen LogP contribution is 2.57. The second-order valence-corrected chi connectivity index (χ2v) is 29.8. The molecule has 2 aromatic carbocycles. The molecule has 16 nitrogen and oxygen atoms in total. The summed E-state index contributed by atoms with van der Waals surface area (Å²) in [4.78, 5) is 46.1. The van der Waals surface area contributed by atoms with Gasteiger partial charge in [0.2, 0.25) is 0 Å². The largest absolute Gasteiger partial charge is 0.490 e. The summed E-state index contributed by atoms with van der Waals surface area (Å²) < 4.78 is 31.7. The number of halogens is 4. The van der Waals surface area contributed by atoms with Gasteiger partial charge in [-0.2, -0.15) is 0 Å². The van der Waals surface area contributed by atoms with Crippen molar-refractivity contribution >= 4 is 91.7 Å². The number of piperazine rings is 1. The maximum Gasteiger partial charge on any atom is 0.354 e. The molecule has 10 fully saturated rings. The summed E-state index contributed by atoms with van der Waals surface area (Å²) in [5, 5.41) is 23.2. The van der Waals surface area contributed by atoms with Crippen LogP contribution in [0.2, 0.25) is 20.1 Å². The average molecular weight is 1380 g/mol. The van der Waals surface area contributed by atoms with E-state index in [4.69, 9.17) is 74.6 Å². The number of hydrogen-bond donors (Lipinski definition) is 1. The lowest BCUT2D eigenvalue weighted by Gasteiger charge is -2.52. The molecular weight excluding hydrogens is 1290 g/mol. The van der Waals surface area contributed by atoms with Crippen molar-refractivity contribution in [3.05, 3.63) is 145 Å². The molecule has 10 aliphatic rings. The van der Waals surface area contributed by atoms with E-state index in [0.29, 0.717) is 84.6 Å². The van der Waals surface area contributed by atoms with E-state index in [0.717, 1.165) is 210 Å². The van der Waals surface area contributed by atoms with Gasteiger partial charge in [-0.15, -0.1) is 0 Å². The van der Waals surface area contributed by atoms with Crippen LogP contribution in [0.4, 0.5) is 5.82 Å². The molecule has 1 saturated heterocycles. The van der Waals surface area contributed by atoms with Gasteiger partial charge in [0.25, 0.3) is 0 Å². The molecule has 0 radical (unpaired) electrons. The third-order valence-corrected chi connectivity index (χ3v) is 23.0. The number of carboxylic acids is 1. The molecular formula is C76H80Cl4N8O8. The Morgan fingerprint density at radius 3 is 1.74 bits per heavy atom. The van der Waals surface area contributed by atoms with Gasteiger partial charge in [0.1, 0.15) is 40.2 Å². The van der Waals surface area contributed by atoms with Crippen molar-refractivity contribution in [3.8, 4) is 40.1 Å². The molecule has 96 heavy (non-hydrogen) atoms. The number of pyridine rings is 4. The van der Waals surface area contributed by atoms with Gasteiger partial charge in [-0.3, -0.25) is 14.8 Å². The fourth-order valence-electron chi connectivity index (χ4n) is 15.5. The molecule has 1 N–H and O–H groups in total. The SMILES string of the molecule is C.CC(=O)c1cc2ccc(C#CC34CCC(OCc5c(-c6c(Cl)cncc6Cl)noc5C5CC5)(CC3)CC4)cc2c(N2CCN(C)CC2)n1.O=C(O)c1cc(OC2CCCC2)c2cc(/C=C/C34CCC(OCc5c(-c6c(Cl)cncc6Cl)noc5C5CC5)(CC3)CC4)ccc2n1. The number of rotatable bonds is 17. The zero-order valence-electron chi connectivity index (χ0n) is 53.6. The van der Waals surface area contributed by atoms with Crippen molar-refractivity contribution in [2.45, 2.75) is 185 Å². The quantitative estimate of drug-likeness (QED) is 0.0668. The first kappa shape index (κ1) is 66.3. The van der Waals surface area contributed by atoms with Crippen molar-refractivity contribution in [1.29, 1.82) is 0 Å². The summed E-state index contributed by atoms with van der Waals surface area (Å²) in [5.74, 6) is 10.3. The van der Waals surface area contributed by atoms with E-state index in [-0.39, 0.29) is 47.0 Å². The van der Waals surface area contributed by atoms with E-state index in [9.17, 15) is 14.7 Å². The van der Waals surface area contributed by atoms with E-state index < -0.39 is 5.97 Å². The number of carbonyl (C=O) groups excluding carboxylic acids is 1. The van der Waals surface area contributed by atoms with Gasteiger partial charge < -0.3 is 38.2 Å². The molecule has 0 amide bonds. The maximum absolute atomic E-state index is 12.3. The van der Waals surface area contributed by atoms with Gasteiger partial charge in [0, 0.05) is 120 Å². The molecule has 18 rings (SSSR count). The van der Waals surface area contributed by atoms with Crippen LogP contribution in [0.1, 0.15) is 209 Å². The van der Waals surface area contributed by atoms with Crippen molar-refractivity contribution < 1.29 is 38.0 Å². The zero-order chi connectivity index (χ0) is 65.2. The van der Waals surface area contributed by atoms with Crippen LogP contribution in [0.25, 0.3) is 50.3 Å². The monoisotopic (exact) mass is 1370 g/mol. The first-order valence-corrected chi connectivity index (χ1v) is 35.3. The number of allylic oxidation sites excluding steroid dienone is 1. The number of hydrogen-bond acceptors (Lipinski definition) is 15. The number of ether oxygens (including phenoxy) is 3. The number of aromatic carboxylic acids is 1. The van der Waals surface area contributed by atoms with Crippen LogP contribution >= 0.6 is 46.4 Å². The number of Topliss-reactive ketones (excluding diaryl/α,β-unsaturated/α-hetero) is 1. The summed E-state index contributed by atoms with van der Waals surface area (Å²) in [7, 11) is 2.14. The molecule has 0 unspecified atom stereocenters. The minimum atomic E-state index is -1.05. The smallest absolute Gasteiger partial charge is 0.354 e. The van der Waals surface area contributed by atoms with E-state index in [1.54, 1.807) is 37.8 Å². The van der Waals surface area contributed by atoms with Gasteiger partial charge in [-0.1, -0.05) is 100 Å². The Balaban J connectivity index is 0.000000163. The van der Waals surface area contributed by atoms with Crippen LogP contribution in [0.15, 0.2) is 88.4 Å². The number of carbonyl (C=O) groups is 2. The number of benzene rings is 2. The van der Waals surface area contributed by atoms with Crippen LogP contribution in [0.3, 0.4) is 0 Å². The van der Waals surface area contributed by atoms with Crippen molar-refractivity contribution in [3.63, 3.8) is 0 Å². The standard InChI is InChI=1S/C38H39Cl2N5O3.C37H37Cl2N3O5.CH4/c1-24(46)32-20-27-4-3-25(19-28(27)36(42-32)45-17-15-44(2)16-18-45)7-8-37-9-12-38(13-10-37,14-11-37)47-23-29-34(43-48-35(29)26-5-6-26)33-30(39)21-41-22-31(33)40;38-27-19-40-20-28(39)32(27)33-26(34(47-42-33)23-6-7-23)21-45-37-14-11-36(12-15-37,13-16-37)10-9-22-5-8-29-25(17-22)31(18-30(41-29)35(43)44)46-24-3-1-2-4-24;/h3-4,19-22,26H,5-6,9-18,23H2,1-2H3;5,8-10,17-20,23-24H,1-4,6-7,11-16,21H2,(H,43,44);1H4/b;10-9+;. The van der Waals surface area contributed by atoms with Crippen molar-refractivity contribution in [2.75, 3.05) is 38.1 Å². The minimum absolute atomic E-state index is 0. The maximum atomic E-state index is 12.3. The van der Waals surface area contributed by atoms with E-state index in [1.807, 2.05) is 18.2 Å². The lowest BCUT2D eigenvalue weighted by atomic mass is 9.58.